The summed E-state index contributed by atoms with van der Waals surface area (Å²) < 4.78 is 6.54. The molecule has 0 unspecified atom stereocenters. The molecule has 3 heterocycles. The molecule has 0 aromatic heterocycles. The van der Waals surface area contributed by atoms with E-state index in [1.165, 1.54) is 5.56 Å². The Morgan fingerprint density at radius 1 is 1.07 bits per heavy atom. The lowest BCUT2D eigenvalue weighted by Gasteiger charge is -2.38. The molecule has 8 nitrogen and oxygen atoms in total. The standard InChI is InChI=1S/C36H44Cl2N4O4/c1-4-41(21-24-11-6-5-7-12-24)16-9-17-42-32(34(44)40-28-13-8-10-22(2)23(28)3)36-15-14-29(46-36)30(31(36)35(42)45)33(43)39-27-19-25(37)18-26(38)20-27/h5-7,11-12,14-15,18-20,22-23,28-32H,4,8-10,13,16-17,21H2,1-3H3,(H,39,43)(H,40,44)/t22-,23-,28+,29-,30+,31-,32-,36-/m0/s1. The number of amides is 3. The fraction of sp³-hybridized carbons (Fsp3) is 0.528. The van der Waals surface area contributed by atoms with E-state index in [2.05, 4.69) is 48.4 Å². The Kier molecular flexibility index (Phi) is 9.81. The second kappa shape index (κ2) is 13.7. The maximum atomic E-state index is 14.4. The van der Waals surface area contributed by atoms with Crippen molar-refractivity contribution in [3.63, 3.8) is 0 Å². The van der Waals surface area contributed by atoms with Gasteiger partial charge in [-0.05, 0) is 55.0 Å². The van der Waals surface area contributed by atoms with Crippen molar-refractivity contribution < 1.29 is 19.1 Å². The summed E-state index contributed by atoms with van der Waals surface area (Å²) in [5.41, 5.74) is 0.463. The predicted molar refractivity (Wildman–Crippen MR) is 180 cm³/mol. The van der Waals surface area contributed by atoms with E-state index in [1.807, 2.05) is 30.4 Å². The van der Waals surface area contributed by atoms with Crippen LogP contribution < -0.4 is 10.6 Å². The third-order valence-corrected chi connectivity index (χ3v) is 11.1. The molecule has 1 spiro atoms. The minimum absolute atomic E-state index is 0.0272. The normalized spacial score (nSPS) is 31.4. The van der Waals surface area contributed by atoms with Crippen molar-refractivity contribution in [2.45, 2.75) is 76.8 Å². The first kappa shape index (κ1) is 33.0. The van der Waals surface area contributed by atoms with E-state index in [0.29, 0.717) is 40.5 Å². The highest BCUT2D eigenvalue weighted by atomic mass is 35.5. The number of hydrogen-bond acceptors (Lipinski definition) is 5. The summed E-state index contributed by atoms with van der Waals surface area (Å²) in [5.74, 6) is -1.56. The Morgan fingerprint density at radius 2 is 1.80 bits per heavy atom. The van der Waals surface area contributed by atoms with E-state index >= 15 is 0 Å². The van der Waals surface area contributed by atoms with Crippen molar-refractivity contribution >= 4 is 46.6 Å². The smallest absolute Gasteiger partial charge is 0.246 e. The molecule has 1 aliphatic carbocycles. The molecule has 1 saturated carbocycles. The van der Waals surface area contributed by atoms with Gasteiger partial charge in [-0.2, -0.15) is 0 Å². The zero-order valence-corrected chi connectivity index (χ0v) is 28.3. The number of halogens is 2. The predicted octanol–water partition coefficient (Wildman–Crippen LogP) is 5.94. The highest BCUT2D eigenvalue weighted by molar-refractivity contribution is 6.35. The molecule has 0 radical (unpaired) electrons. The average Bonchev–Trinajstić information content (AvgIpc) is 3.66. The van der Waals surface area contributed by atoms with Gasteiger partial charge in [0.25, 0.3) is 0 Å². The van der Waals surface area contributed by atoms with Gasteiger partial charge in [0, 0.05) is 41.4 Å². The Labute approximate surface area is 281 Å². The van der Waals surface area contributed by atoms with E-state index in [-0.39, 0.29) is 23.8 Å². The van der Waals surface area contributed by atoms with Crippen LogP contribution in [0, 0.1) is 23.7 Å². The lowest BCUT2D eigenvalue weighted by atomic mass is 9.73. The second-order valence-electron chi connectivity index (χ2n) is 13.5. The van der Waals surface area contributed by atoms with Gasteiger partial charge in [-0.15, -0.1) is 0 Å². The minimum atomic E-state index is -1.21. The number of hydrogen-bond donors (Lipinski definition) is 2. The van der Waals surface area contributed by atoms with Gasteiger partial charge in [-0.25, -0.2) is 0 Å². The van der Waals surface area contributed by atoms with Crippen molar-refractivity contribution in [2.75, 3.05) is 25.0 Å². The van der Waals surface area contributed by atoms with Crippen LogP contribution in [0.1, 0.15) is 52.0 Å². The van der Waals surface area contributed by atoms with Crippen molar-refractivity contribution in [2.24, 2.45) is 23.7 Å². The van der Waals surface area contributed by atoms with Crippen LogP contribution in [0.15, 0.2) is 60.7 Å². The monoisotopic (exact) mass is 666 g/mol. The van der Waals surface area contributed by atoms with Gasteiger partial charge in [-0.3, -0.25) is 19.3 Å². The quantitative estimate of drug-likeness (QED) is 0.290. The number of rotatable bonds is 11. The molecule has 246 valence electrons. The molecular formula is C36H44Cl2N4O4. The lowest BCUT2D eigenvalue weighted by Crippen LogP contribution is -2.58. The Balaban J connectivity index is 1.24. The number of nitrogens with zero attached hydrogens (tertiary/aromatic N) is 2. The van der Waals surface area contributed by atoms with Gasteiger partial charge in [0.15, 0.2) is 0 Å². The van der Waals surface area contributed by atoms with Crippen LogP contribution in [0.5, 0.6) is 0 Å². The van der Waals surface area contributed by atoms with Crippen LogP contribution in [-0.4, -0.2) is 70.9 Å². The highest BCUT2D eigenvalue weighted by Gasteiger charge is 2.72. The van der Waals surface area contributed by atoms with Crippen LogP contribution in [-0.2, 0) is 25.7 Å². The molecule has 2 aromatic rings. The topological polar surface area (TPSA) is 91.0 Å². The molecule has 46 heavy (non-hydrogen) atoms. The number of ether oxygens (including phenoxy) is 1. The lowest BCUT2D eigenvalue weighted by molar-refractivity contribution is -0.141. The summed E-state index contributed by atoms with van der Waals surface area (Å²) in [6, 6.07) is 14.3. The van der Waals surface area contributed by atoms with Gasteiger partial charge in [-0.1, -0.05) is 99.3 Å². The molecule has 4 aliphatic rings. The molecule has 2 bridgehead atoms. The molecule has 3 amide bonds. The molecule has 3 fully saturated rings. The minimum Gasteiger partial charge on any atom is -0.359 e. The summed E-state index contributed by atoms with van der Waals surface area (Å²) in [7, 11) is 0. The highest BCUT2D eigenvalue weighted by Crippen LogP contribution is 2.55. The largest absolute Gasteiger partial charge is 0.359 e. The van der Waals surface area contributed by atoms with Crippen molar-refractivity contribution in [3.05, 3.63) is 76.3 Å². The van der Waals surface area contributed by atoms with Gasteiger partial charge in [0.1, 0.15) is 11.6 Å². The zero-order valence-electron chi connectivity index (χ0n) is 26.8. The van der Waals surface area contributed by atoms with Crippen LogP contribution >= 0.6 is 23.2 Å². The fourth-order valence-electron chi connectivity index (χ4n) is 8.06. The van der Waals surface area contributed by atoms with Crippen molar-refractivity contribution in [1.82, 2.24) is 15.1 Å². The number of carbonyl (C=O) groups excluding carboxylic acids is 3. The zero-order chi connectivity index (χ0) is 32.6. The van der Waals surface area contributed by atoms with E-state index in [0.717, 1.165) is 38.9 Å². The number of likely N-dealkylation sites (tertiary alicyclic amines) is 1. The Morgan fingerprint density at radius 3 is 2.52 bits per heavy atom. The Hall–Kier alpha value is -2.91. The average molecular weight is 668 g/mol. The summed E-state index contributed by atoms with van der Waals surface area (Å²) >= 11 is 12.4. The van der Waals surface area contributed by atoms with Gasteiger partial charge in [0.05, 0.1) is 17.9 Å². The first-order valence-electron chi connectivity index (χ1n) is 16.6. The number of fused-ring (bicyclic) bond motifs is 1. The molecule has 8 atom stereocenters. The van der Waals surface area contributed by atoms with Crippen molar-refractivity contribution in [1.29, 1.82) is 0 Å². The number of benzene rings is 2. The molecule has 2 aromatic carbocycles. The van der Waals surface area contributed by atoms with E-state index in [4.69, 9.17) is 27.9 Å². The van der Waals surface area contributed by atoms with Crippen LogP contribution in [0.2, 0.25) is 10.0 Å². The van der Waals surface area contributed by atoms with Crippen LogP contribution in [0.25, 0.3) is 0 Å². The van der Waals surface area contributed by atoms with E-state index in [9.17, 15) is 14.4 Å². The molecule has 10 heteroatoms. The number of anilines is 1. The second-order valence-corrected chi connectivity index (χ2v) is 14.3. The van der Waals surface area contributed by atoms with Crippen LogP contribution in [0.4, 0.5) is 5.69 Å². The van der Waals surface area contributed by atoms with Gasteiger partial charge in [0.2, 0.25) is 17.7 Å². The molecule has 3 aliphatic heterocycles. The molecular weight excluding hydrogens is 623 g/mol. The summed E-state index contributed by atoms with van der Waals surface area (Å²) in [6.45, 7) is 9.37. The SMILES string of the molecule is CCN(CCCN1C(=O)[C@@H]2[C@H](C(=O)Nc3cc(Cl)cc(Cl)c3)[C@@H]3C=C[C@@]2(O3)[C@@H]1C(=O)N[C@@H]1CCC[C@H](C)[C@@H]1C)Cc1ccccc1. The number of nitrogens with one attached hydrogen (secondary N) is 2. The third-order valence-electron chi connectivity index (χ3n) is 10.7. The summed E-state index contributed by atoms with van der Waals surface area (Å²) in [4.78, 5) is 46.6. The molecule has 2 saturated heterocycles. The van der Waals surface area contributed by atoms with Gasteiger partial charge >= 0.3 is 0 Å². The first-order valence-corrected chi connectivity index (χ1v) is 17.4. The fourth-order valence-corrected chi connectivity index (χ4v) is 8.59. The van der Waals surface area contributed by atoms with E-state index < -0.39 is 29.6 Å². The van der Waals surface area contributed by atoms with Gasteiger partial charge < -0.3 is 20.3 Å². The maximum Gasteiger partial charge on any atom is 0.246 e. The molecule has 2 N–H and O–H groups in total. The maximum absolute atomic E-state index is 14.4. The third kappa shape index (κ3) is 6.34. The summed E-state index contributed by atoms with van der Waals surface area (Å²) in [6.07, 6.45) is 6.88. The Bertz CT molecular complexity index is 1470. The molecule has 6 rings (SSSR count). The van der Waals surface area contributed by atoms with Crippen LogP contribution in [0.3, 0.4) is 0 Å². The first-order chi connectivity index (χ1) is 22.1. The van der Waals surface area contributed by atoms with E-state index in [1.54, 1.807) is 23.1 Å². The number of carbonyl (C=O) groups is 3. The summed E-state index contributed by atoms with van der Waals surface area (Å²) in [5, 5.41) is 7.02. The van der Waals surface area contributed by atoms with Crippen molar-refractivity contribution in [3.8, 4) is 0 Å².